The third kappa shape index (κ3) is 3.47. The monoisotopic (exact) mass is 302 g/mol. The number of anilines is 1. The van der Waals surface area contributed by atoms with E-state index in [-0.39, 0.29) is 23.4 Å². The molecular formula is C14H17F3N2O2. The van der Waals surface area contributed by atoms with Crippen molar-refractivity contribution in [3.05, 3.63) is 29.3 Å². The number of methoxy groups -OCH3 is 1. The van der Waals surface area contributed by atoms with Gasteiger partial charge in [-0.3, -0.25) is 4.79 Å². The van der Waals surface area contributed by atoms with Crippen LogP contribution in [0, 0.1) is 0 Å². The average Bonchev–Trinajstić information content (AvgIpc) is 2.84. The fraction of sp³-hybridized carbons (Fsp3) is 0.500. The van der Waals surface area contributed by atoms with E-state index in [0.29, 0.717) is 0 Å². The molecule has 0 bridgehead atoms. The number of nitrogens with two attached hydrogens (primary N) is 1. The van der Waals surface area contributed by atoms with Crippen LogP contribution in [0.5, 0.6) is 0 Å². The minimum atomic E-state index is -4.51. The van der Waals surface area contributed by atoms with E-state index in [0.717, 1.165) is 37.5 Å². The fourth-order valence-corrected chi connectivity index (χ4v) is 2.55. The summed E-state index contributed by atoms with van der Waals surface area (Å²) in [5, 5.41) is 2.70. The summed E-state index contributed by atoms with van der Waals surface area (Å²) in [5.74, 6) is -0.604. The van der Waals surface area contributed by atoms with Crippen LogP contribution >= 0.6 is 0 Å². The standard InChI is InChI=1S/C14H17F3N2O2/c1-21-12-4-2-3-11(12)19-13(20)9-7-8(14(15,16)17)5-6-10(9)18/h5-7,11-12H,2-4,18H2,1H3,(H,19,20). The Kier molecular flexibility index (Phi) is 4.41. The van der Waals surface area contributed by atoms with E-state index in [4.69, 9.17) is 10.5 Å². The van der Waals surface area contributed by atoms with Gasteiger partial charge in [0, 0.05) is 12.8 Å². The average molecular weight is 302 g/mol. The third-order valence-corrected chi connectivity index (χ3v) is 3.70. The summed E-state index contributed by atoms with van der Waals surface area (Å²) in [4.78, 5) is 12.1. The quantitative estimate of drug-likeness (QED) is 0.844. The molecule has 1 amide bonds. The summed E-state index contributed by atoms with van der Waals surface area (Å²) in [6.07, 6.45) is -2.16. The Balaban J connectivity index is 2.19. The first-order valence-electron chi connectivity index (χ1n) is 6.63. The summed E-state index contributed by atoms with van der Waals surface area (Å²) in [7, 11) is 1.55. The van der Waals surface area contributed by atoms with Crippen molar-refractivity contribution >= 4 is 11.6 Å². The van der Waals surface area contributed by atoms with Crippen molar-refractivity contribution in [3.63, 3.8) is 0 Å². The lowest BCUT2D eigenvalue weighted by atomic mass is 10.1. The first kappa shape index (κ1) is 15.6. The van der Waals surface area contributed by atoms with Crippen LogP contribution in [0.15, 0.2) is 18.2 Å². The lowest BCUT2D eigenvalue weighted by Gasteiger charge is -2.20. The van der Waals surface area contributed by atoms with Crippen LogP contribution in [0.1, 0.15) is 35.2 Å². The fourth-order valence-electron chi connectivity index (χ4n) is 2.55. The van der Waals surface area contributed by atoms with Crippen molar-refractivity contribution in [2.75, 3.05) is 12.8 Å². The van der Waals surface area contributed by atoms with Crippen LogP contribution in [-0.4, -0.2) is 25.2 Å². The van der Waals surface area contributed by atoms with E-state index in [1.165, 1.54) is 0 Å². The highest BCUT2D eigenvalue weighted by molar-refractivity contribution is 5.99. The van der Waals surface area contributed by atoms with Crippen molar-refractivity contribution in [2.45, 2.75) is 37.6 Å². The van der Waals surface area contributed by atoms with Gasteiger partial charge in [0.15, 0.2) is 0 Å². The number of hydrogen-bond donors (Lipinski definition) is 2. The summed E-state index contributed by atoms with van der Waals surface area (Å²) in [6.45, 7) is 0. The Morgan fingerprint density at radius 3 is 2.71 bits per heavy atom. The highest BCUT2D eigenvalue weighted by atomic mass is 19.4. The summed E-state index contributed by atoms with van der Waals surface area (Å²) < 4.78 is 43.3. The lowest BCUT2D eigenvalue weighted by molar-refractivity contribution is -0.137. The number of amides is 1. The van der Waals surface area contributed by atoms with Gasteiger partial charge < -0.3 is 15.8 Å². The van der Waals surface area contributed by atoms with Gasteiger partial charge in [0.05, 0.1) is 23.3 Å². The van der Waals surface area contributed by atoms with Crippen molar-refractivity contribution in [2.24, 2.45) is 0 Å². The maximum atomic E-state index is 12.7. The molecule has 0 aliphatic heterocycles. The number of nitrogens with one attached hydrogen (secondary N) is 1. The Morgan fingerprint density at radius 2 is 2.10 bits per heavy atom. The molecule has 116 valence electrons. The van der Waals surface area contributed by atoms with Gasteiger partial charge in [-0.2, -0.15) is 13.2 Å². The van der Waals surface area contributed by atoms with Gasteiger partial charge in [-0.05, 0) is 37.5 Å². The molecule has 2 atom stereocenters. The smallest absolute Gasteiger partial charge is 0.398 e. The maximum absolute atomic E-state index is 12.7. The van der Waals surface area contributed by atoms with E-state index in [1.807, 2.05) is 0 Å². The van der Waals surface area contributed by atoms with E-state index >= 15 is 0 Å². The number of halogens is 3. The first-order chi connectivity index (χ1) is 9.82. The molecule has 2 rings (SSSR count). The number of carbonyl (C=O) groups is 1. The lowest BCUT2D eigenvalue weighted by Crippen LogP contribution is -2.41. The zero-order valence-electron chi connectivity index (χ0n) is 11.5. The molecule has 1 aromatic rings. The molecule has 2 unspecified atom stereocenters. The van der Waals surface area contributed by atoms with Crippen molar-refractivity contribution in [1.82, 2.24) is 5.32 Å². The van der Waals surface area contributed by atoms with Gasteiger partial charge in [0.2, 0.25) is 0 Å². The zero-order valence-corrected chi connectivity index (χ0v) is 11.5. The topological polar surface area (TPSA) is 64.3 Å². The molecule has 0 saturated heterocycles. The van der Waals surface area contributed by atoms with Crippen LogP contribution in [0.25, 0.3) is 0 Å². The number of nitrogen functional groups attached to an aromatic ring is 1. The molecule has 4 nitrogen and oxygen atoms in total. The molecule has 1 aromatic carbocycles. The van der Waals surface area contributed by atoms with Gasteiger partial charge in [-0.1, -0.05) is 0 Å². The van der Waals surface area contributed by atoms with Gasteiger partial charge >= 0.3 is 6.18 Å². The normalized spacial score (nSPS) is 22.3. The Hall–Kier alpha value is -1.76. The van der Waals surface area contributed by atoms with Crippen LogP contribution in [0.3, 0.4) is 0 Å². The first-order valence-corrected chi connectivity index (χ1v) is 6.63. The van der Waals surface area contributed by atoms with E-state index in [9.17, 15) is 18.0 Å². The number of rotatable bonds is 3. The van der Waals surface area contributed by atoms with Crippen molar-refractivity contribution in [1.29, 1.82) is 0 Å². The van der Waals surface area contributed by atoms with Crippen molar-refractivity contribution in [3.8, 4) is 0 Å². The van der Waals surface area contributed by atoms with Crippen LogP contribution in [0.2, 0.25) is 0 Å². The van der Waals surface area contributed by atoms with Crippen LogP contribution in [0.4, 0.5) is 18.9 Å². The minimum absolute atomic E-state index is 0.0208. The Morgan fingerprint density at radius 1 is 1.38 bits per heavy atom. The predicted molar refractivity (Wildman–Crippen MR) is 71.8 cm³/mol. The molecule has 1 fully saturated rings. The molecule has 0 radical (unpaired) electrons. The highest BCUT2D eigenvalue weighted by Gasteiger charge is 2.33. The molecule has 0 heterocycles. The van der Waals surface area contributed by atoms with Crippen LogP contribution in [-0.2, 0) is 10.9 Å². The molecule has 3 N–H and O–H groups in total. The molecule has 1 aliphatic rings. The maximum Gasteiger partial charge on any atom is 0.416 e. The van der Waals surface area contributed by atoms with Crippen molar-refractivity contribution < 1.29 is 22.7 Å². The van der Waals surface area contributed by atoms with Gasteiger partial charge in [0.25, 0.3) is 5.91 Å². The van der Waals surface area contributed by atoms with Gasteiger partial charge in [-0.15, -0.1) is 0 Å². The molecule has 1 saturated carbocycles. The van der Waals surface area contributed by atoms with E-state index in [2.05, 4.69) is 5.32 Å². The second-order valence-electron chi connectivity index (χ2n) is 5.08. The Labute approximate surface area is 120 Å². The van der Waals surface area contributed by atoms with E-state index < -0.39 is 17.6 Å². The SMILES string of the molecule is COC1CCCC1NC(=O)c1cc(C(F)(F)F)ccc1N. The predicted octanol–water partition coefficient (Wildman–Crippen LogP) is 2.58. The number of carbonyl (C=O) groups excluding carboxylic acids is 1. The second-order valence-corrected chi connectivity index (χ2v) is 5.08. The number of benzene rings is 1. The minimum Gasteiger partial charge on any atom is -0.398 e. The third-order valence-electron chi connectivity index (χ3n) is 3.70. The summed E-state index contributed by atoms with van der Waals surface area (Å²) >= 11 is 0. The second kappa shape index (κ2) is 5.93. The number of hydrogen-bond acceptors (Lipinski definition) is 3. The van der Waals surface area contributed by atoms with E-state index in [1.54, 1.807) is 7.11 Å². The Bertz CT molecular complexity index is 531. The highest BCUT2D eigenvalue weighted by Crippen LogP contribution is 2.31. The summed E-state index contributed by atoms with van der Waals surface area (Å²) in [5.41, 5.74) is 4.58. The van der Waals surface area contributed by atoms with Crippen LogP contribution < -0.4 is 11.1 Å². The molecule has 7 heteroatoms. The number of alkyl halides is 3. The molecule has 0 spiro atoms. The zero-order chi connectivity index (χ0) is 15.6. The van der Waals surface area contributed by atoms with Gasteiger partial charge in [-0.25, -0.2) is 0 Å². The molecule has 0 aromatic heterocycles. The largest absolute Gasteiger partial charge is 0.416 e. The summed E-state index contributed by atoms with van der Waals surface area (Å²) in [6, 6.07) is 2.54. The molecular weight excluding hydrogens is 285 g/mol. The van der Waals surface area contributed by atoms with Gasteiger partial charge in [0.1, 0.15) is 0 Å². The molecule has 21 heavy (non-hydrogen) atoms. The number of ether oxygens (including phenoxy) is 1. The molecule has 1 aliphatic carbocycles.